The number of benzene rings is 1. The Kier molecular flexibility index (Phi) is 8.97. The minimum absolute atomic E-state index is 0.0964. The molecular formula is C23H37N5O3. The Labute approximate surface area is 185 Å². The lowest BCUT2D eigenvalue weighted by Gasteiger charge is -2.48. The highest BCUT2D eigenvalue weighted by Gasteiger charge is 2.38. The first-order chi connectivity index (χ1) is 15.2. The highest BCUT2D eigenvalue weighted by Crippen LogP contribution is 2.33. The number of guanidine groups is 1. The highest BCUT2D eigenvalue weighted by molar-refractivity contribution is 5.94. The van der Waals surface area contributed by atoms with E-state index in [4.69, 9.17) is 9.47 Å². The van der Waals surface area contributed by atoms with Crippen molar-refractivity contribution in [1.29, 1.82) is 0 Å². The Morgan fingerprint density at radius 2 is 1.74 bits per heavy atom. The van der Waals surface area contributed by atoms with Crippen molar-refractivity contribution in [3.8, 4) is 5.75 Å². The average Bonchev–Trinajstić information content (AvgIpc) is 2.84. The second-order valence-corrected chi connectivity index (χ2v) is 8.22. The van der Waals surface area contributed by atoms with Crippen LogP contribution in [0.4, 0.5) is 0 Å². The minimum atomic E-state index is -0.0964. The topological polar surface area (TPSA) is 87.2 Å². The summed E-state index contributed by atoms with van der Waals surface area (Å²) in [6.07, 6.45) is 6.32. The van der Waals surface area contributed by atoms with Crippen molar-refractivity contribution in [2.24, 2.45) is 4.99 Å². The van der Waals surface area contributed by atoms with Crippen molar-refractivity contribution in [1.82, 2.24) is 20.9 Å². The molecule has 172 valence electrons. The maximum Gasteiger partial charge on any atom is 0.251 e. The van der Waals surface area contributed by atoms with E-state index in [0.29, 0.717) is 18.7 Å². The Morgan fingerprint density at radius 3 is 2.39 bits per heavy atom. The van der Waals surface area contributed by atoms with Crippen LogP contribution in [0.3, 0.4) is 0 Å². The van der Waals surface area contributed by atoms with E-state index in [-0.39, 0.29) is 11.4 Å². The summed E-state index contributed by atoms with van der Waals surface area (Å²) in [5.41, 5.74) is 0.801. The molecule has 0 spiro atoms. The second-order valence-electron chi connectivity index (χ2n) is 8.22. The van der Waals surface area contributed by atoms with Gasteiger partial charge in [-0.15, -0.1) is 0 Å². The minimum Gasteiger partial charge on any atom is -0.497 e. The summed E-state index contributed by atoms with van der Waals surface area (Å²) in [6, 6.07) is 7.09. The summed E-state index contributed by atoms with van der Waals surface area (Å²) in [4.78, 5) is 19.2. The summed E-state index contributed by atoms with van der Waals surface area (Å²) in [5.74, 6) is 1.42. The molecule has 2 aliphatic rings. The second kappa shape index (κ2) is 11.9. The number of hydrogen-bond donors (Lipinski definition) is 3. The molecule has 8 heteroatoms. The molecule has 8 nitrogen and oxygen atoms in total. The summed E-state index contributed by atoms with van der Waals surface area (Å²) in [6.45, 7) is 5.65. The fraction of sp³-hybridized carbons (Fsp3) is 0.652. The van der Waals surface area contributed by atoms with Gasteiger partial charge >= 0.3 is 0 Å². The molecule has 1 aliphatic heterocycles. The van der Waals surface area contributed by atoms with Crippen molar-refractivity contribution in [3.63, 3.8) is 0 Å². The maximum atomic E-state index is 12.3. The Morgan fingerprint density at radius 1 is 1.06 bits per heavy atom. The lowest BCUT2D eigenvalue weighted by atomic mass is 9.80. The van der Waals surface area contributed by atoms with Gasteiger partial charge in [-0.3, -0.25) is 14.7 Å². The quantitative estimate of drug-likeness (QED) is 0.329. The van der Waals surface area contributed by atoms with E-state index >= 15 is 0 Å². The lowest BCUT2D eigenvalue weighted by Crippen LogP contribution is -2.60. The molecule has 0 bridgehead atoms. The van der Waals surface area contributed by atoms with Crippen LogP contribution in [0, 0.1) is 0 Å². The third-order valence-corrected chi connectivity index (χ3v) is 6.33. The van der Waals surface area contributed by atoms with E-state index in [1.165, 1.54) is 32.1 Å². The number of morpholine rings is 1. The van der Waals surface area contributed by atoms with Crippen molar-refractivity contribution in [2.75, 3.05) is 60.1 Å². The van der Waals surface area contributed by atoms with E-state index in [1.807, 2.05) is 0 Å². The van der Waals surface area contributed by atoms with Gasteiger partial charge in [0.15, 0.2) is 5.96 Å². The molecule has 1 aromatic rings. The monoisotopic (exact) mass is 431 g/mol. The summed E-state index contributed by atoms with van der Waals surface area (Å²) < 4.78 is 10.7. The number of carbonyl (C=O) groups excluding carboxylic acids is 1. The van der Waals surface area contributed by atoms with Crippen LogP contribution in [0.15, 0.2) is 29.3 Å². The number of amides is 1. The smallest absolute Gasteiger partial charge is 0.251 e. The van der Waals surface area contributed by atoms with E-state index in [2.05, 4.69) is 25.8 Å². The zero-order chi connectivity index (χ0) is 21.9. The van der Waals surface area contributed by atoms with Gasteiger partial charge in [-0.25, -0.2) is 0 Å². The first-order valence-corrected chi connectivity index (χ1v) is 11.4. The fourth-order valence-electron chi connectivity index (χ4n) is 4.52. The molecule has 1 aliphatic carbocycles. The molecule has 0 unspecified atom stereocenters. The molecular weight excluding hydrogens is 394 g/mol. The average molecular weight is 432 g/mol. The van der Waals surface area contributed by atoms with Gasteiger partial charge < -0.3 is 25.4 Å². The lowest BCUT2D eigenvalue weighted by molar-refractivity contribution is -0.0352. The van der Waals surface area contributed by atoms with Gasteiger partial charge in [0, 0.05) is 50.9 Å². The number of aliphatic imine (C=N–C) groups is 1. The van der Waals surface area contributed by atoms with E-state index < -0.39 is 0 Å². The number of methoxy groups -OCH3 is 1. The summed E-state index contributed by atoms with van der Waals surface area (Å²) in [7, 11) is 3.40. The largest absolute Gasteiger partial charge is 0.497 e. The SMILES string of the molecule is CN=C(NCCNC(=O)c1ccc(OC)cc1)NCC1(N2CCOCC2)CCCCC1. The molecule has 0 atom stereocenters. The van der Waals surface area contributed by atoms with Crippen LogP contribution in [0.25, 0.3) is 0 Å². The molecule has 3 rings (SSSR count). The third kappa shape index (κ3) is 6.58. The Hall–Kier alpha value is -2.32. The van der Waals surface area contributed by atoms with Crippen LogP contribution >= 0.6 is 0 Å². The molecule has 0 aromatic heterocycles. The van der Waals surface area contributed by atoms with Crippen molar-refractivity contribution < 1.29 is 14.3 Å². The van der Waals surface area contributed by atoms with E-state index in [1.54, 1.807) is 38.4 Å². The number of nitrogens with one attached hydrogen (secondary N) is 3. The normalized spacial score (nSPS) is 19.5. The Balaban J connectivity index is 1.43. The van der Waals surface area contributed by atoms with Gasteiger partial charge in [-0.05, 0) is 37.1 Å². The molecule has 1 saturated carbocycles. The van der Waals surface area contributed by atoms with E-state index in [0.717, 1.165) is 44.6 Å². The third-order valence-electron chi connectivity index (χ3n) is 6.33. The molecule has 1 amide bonds. The number of nitrogens with zero attached hydrogens (tertiary/aromatic N) is 2. The molecule has 0 radical (unpaired) electrons. The van der Waals surface area contributed by atoms with Crippen LogP contribution in [0.2, 0.25) is 0 Å². The predicted molar refractivity (Wildman–Crippen MR) is 123 cm³/mol. The molecule has 1 saturated heterocycles. The van der Waals surface area contributed by atoms with Crippen LogP contribution in [0.1, 0.15) is 42.5 Å². The van der Waals surface area contributed by atoms with Gasteiger partial charge in [0.2, 0.25) is 0 Å². The van der Waals surface area contributed by atoms with Crippen molar-refractivity contribution in [3.05, 3.63) is 29.8 Å². The summed E-state index contributed by atoms with van der Waals surface area (Å²) in [5, 5.41) is 9.79. The van der Waals surface area contributed by atoms with Crippen molar-refractivity contribution >= 4 is 11.9 Å². The van der Waals surface area contributed by atoms with Gasteiger partial charge in [0.05, 0.1) is 20.3 Å². The maximum absolute atomic E-state index is 12.3. The van der Waals surface area contributed by atoms with Gasteiger partial charge in [0.25, 0.3) is 5.91 Å². The summed E-state index contributed by atoms with van der Waals surface area (Å²) >= 11 is 0. The van der Waals surface area contributed by atoms with Gasteiger partial charge in [-0.1, -0.05) is 19.3 Å². The zero-order valence-corrected chi connectivity index (χ0v) is 18.9. The van der Waals surface area contributed by atoms with Crippen LogP contribution in [0.5, 0.6) is 5.75 Å². The predicted octanol–water partition coefficient (Wildman–Crippen LogP) is 1.63. The van der Waals surface area contributed by atoms with Crippen molar-refractivity contribution in [2.45, 2.75) is 37.6 Å². The number of ether oxygens (including phenoxy) is 2. The molecule has 1 heterocycles. The number of hydrogen-bond acceptors (Lipinski definition) is 5. The number of carbonyl (C=O) groups is 1. The standard InChI is InChI=1S/C23H37N5O3/c1-24-22(26-13-12-25-21(29)19-6-8-20(30-2)9-7-19)27-18-23(10-4-3-5-11-23)28-14-16-31-17-15-28/h6-9H,3-5,10-18H2,1-2H3,(H,25,29)(H2,24,26,27). The fourth-order valence-corrected chi connectivity index (χ4v) is 4.52. The Bertz CT molecular complexity index is 710. The molecule has 1 aromatic carbocycles. The molecule has 31 heavy (non-hydrogen) atoms. The zero-order valence-electron chi connectivity index (χ0n) is 18.9. The molecule has 2 fully saturated rings. The molecule has 3 N–H and O–H groups in total. The van der Waals surface area contributed by atoms with Gasteiger partial charge in [0.1, 0.15) is 5.75 Å². The van der Waals surface area contributed by atoms with Crippen LogP contribution < -0.4 is 20.7 Å². The van der Waals surface area contributed by atoms with E-state index in [9.17, 15) is 4.79 Å². The first-order valence-electron chi connectivity index (χ1n) is 11.4. The van der Waals surface area contributed by atoms with Gasteiger partial charge in [-0.2, -0.15) is 0 Å². The van der Waals surface area contributed by atoms with Crippen LogP contribution in [-0.4, -0.2) is 82.4 Å². The first kappa shape index (κ1) is 23.3. The highest BCUT2D eigenvalue weighted by atomic mass is 16.5. The number of rotatable bonds is 8. The van der Waals surface area contributed by atoms with Crippen LogP contribution in [-0.2, 0) is 4.74 Å².